The smallest absolute Gasteiger partial charge is 0.175 e. The summed E-state index contributed by atoms with van der Waals surface area (Å²) in [6, 6.07) is 13.3. The van der Waals surface area contributed by atoms with Crippen LogP contribution in [0.25, 0.3) is 6.08 Å². The molecule has 6 heteroatoms. The van der Waals surface area contributed by atoms with Crippen molar-refractivity contribution in [2.75, 3.05) is 7.11 Å². The van der Waals surface area contributed by atoms with Gasteiger partial charge in [0.15, 0.2) is 11.5 Å². The zero-order chi connectivity index (χ0) is 17.5. The van der Waals surface area contributed by atoms with Gasteiger partial charge in [0, 0.05) is 5.56 Å². The molecule has 2 rings (SSSR count). The Morgan fingerprint density at radius 1 is 1.25 bits per heavy atom. The van der Waals surface area contributed by atoms with E-state index in [9.17, 15) is 4.39 Å². The number of hydrogen-bond donors (Lipinski definition) is 0. The maximum atomic E-state index is 13.7. The first-order valence-electron chi connectivity index (χ1n) is 6.84. The molecule has 0 N–H and O–H groups in total. The highest BCUT2D eigenvalue weighted by molar-refractivity contribution is 9.10. The molecule has 0 aromatic heterocycles. The molecule has 2 aromatic rings. The molecular weight excluding hydrogens is 375 g/mol. The van der Waals surface area contributed by atoms with E-state index in [1.807, 2.05) is 0 Å². The van der Waals surface area contributed by atoms with Crippen molar-refractivity contribution in [3.05, 3.63) is 63.4 Å². The minimum atomic E-state index is -0.347. The summed E-state index contributed by atoms with van der Waals surface area (Å²) in [5.74, 6) is 0.468. The van der Waals surface area contributed by atoms with Gasteiger partial charge in [-0.2, -0.15) is 10.5 Å². The van der Waals surface area contributed by atoms with E-state index in [1.165, 1.54) is 19.3 Å². The molecule has 0 aliphatic rings. The maximum Gasteiger partial charge on any atom is 0.175 e. The minimum absolute atomic E-state index is 0.0241. The lowest BCUT2D eigenvalue weighted by Gasteiger charge is -2.14. The van der Waals surface area contributed by atoms with Crippen molar-refractivity contribution in [2.45, 2.75) is 6.61 Å². The SMILES string of the molecule is COc1cc(C=C(C#N)C#N)cc(Br)c1OCc1ccccc1F. The van der Waals surface area contributed by atoms with Gasteiger partial charge in [-0.15, -0.1) is 0 Å². The Kier molecular flexibility index (Phi) is 5.95. The van der Waals surface area contributed by atoms with Crippen molar-refractivity contribution in [1.29, 1.82) is 10.5 Å². The predicted octanol–water partition coefficient (Wildman–Crippen LogP) is 4.61. The fraction of sp³-hybridized carbons (Fsp3) is 0.111. The van der Waals surface area contributed by atoms with Crippen LogP contribution in [0.15, 0.2) is 46.4 Å². The largest absolute Gasteiger partial charge is 0.493 e. The van der Waals surface area contributed by atoms with E-state index in [1.54, 1.807) is 42.5 Å². The number of hydrogen-bond acceptors (Lipinski definition) is 4. The number of benzene rings is 2. The molecule has 4 nitrogen and oxygen atoms in total. The maximum absolute atomic E-state index is 13.7. The first-order chi connectivity index (χ1) is 11.6. The molecule has 2 aromatic carbocycles. The summed E-state index contributed by atoms with van der Waals surface area (Å²) in [7, 11) is 1.47. The zero-order valence-electron chi connectivity index (χ0n) is 12.7. The Balaban J connectivity index is 2.31. The van der Waals surface area contributed by atoms with Gasteiger partial charge in [-0.1, -0.05) is 18.2 Å². The average molecular weight is 387 g/mol. The van der Waals surface area contributed by atoms with Gasteiger partial charge in [0.2, 0.25) is 0 Å². The van der Waals surface area contributed by atoms with Crippen LogP contribution in [0.2, 0.25) is 0 Å². The van der Waals surface area contributed by atoms with E-state index in [0.717, 1.165) is 0 Å². The first kappa shape index (κ1) is 17.5. The van der Waals surface area contributed by atoms with Gasteiger partial charge in [-0.25, -0.2) is 4.39 Å². The van der Waals surface area contributed by atoms with Crippen LogP contribution in [0.5, 0.6) is 11.5 Å². The fourth-order valence-electron chi connectivity index (χ4n) is 1.98. The molecule has 0 fully saturated rings. The topological polar surface area (TPSA) is 66.0 Å². The third-order valence-electron chi connectivity index (χ3n) is 3.13. The summed E-state index contributed by atoms with van der Waals surface area (Å²) in [5.41, 5.74) is 1.01. The summed E-state index contributed by atoms with van der Waals surface area (Å²) in [6.07, 6.45) is 1.44. The zero-order valence-corrected chi connectivity index (χ0v) is 14.3. The van der Waals surface area contributed by atoms with Crippen LogP contribution >= 0.6 is 15.9 Å². The molecule has 0 aliphatic heterocycles. The van der Waals surface area contributed by atoms with Crippen LogP contribution in [0, 0.1) is 28.5 Å². The molecule has 0 aliphatic carbocycles. The van der Waals surface area contributed by atoms with E-state index >= 15 is 0 Å². The highest BCUT2D eigenvalue weighted by Crippen LogP contribution is 2.37. The number of rotatable bonds is 5. The third kappa shape index (κ3) is 4.13. The predicted molar refractivity (Wildman–Crippen MR) is 90.6 cm³/mol. The molecule has 0 radical (unpaired) electrons. The second-order valence-corrected chi connectivity index (χ2v) is 5.55. The van der Waals surface area contributed by atoms with Crippen LogP contribution in [-0.4, -0.2) is 7.11 Å². The van der Waals surface area contributed by atoms with E-state index in [4.69, 9.17) is 20.0 Å². The van der Waals surface area contributed by atoms with Gasteiger partial charge in [0.25, 0.3) is 0 Å². The third-order valence-corrected chi connectivity index (χ3v) is 3.72. The molecule has 0 saturated carbocycles. The lowest BCUT2D eigenvalue weighted by atomic mass is 10.1. The van der Waals surface area contributed by atoms with E-state index in [2.05, 4.69) is 15.9 Å². The lowest BCUT2D eigenvalue weighted by Crippen LogP contribution is -2.01. The molecule has 0 amide bonds. The Morgan fingerprint density at radius 3 is 2.58 bits per heavy atom. The summed E-state index contributed by atoms with van der Waals surface area (Å²) < 4.78 is 25.2. The molecule has 0 spiro atoms. The van der Waals surface area contributed by atoms with E-state index in [0.29, 0.717) is 27.1 Å². The second-order valence-electron chi connectivity index (χ2n) is 4.70. The molecule has 24 heavy (non-hydrogen) atoms. The number of halogens is 2. The Bertz CT molecular complexity index is 850. The van der Waals surface area contributed by atoms with Gasteiger partial charge in [-0.05, 0) is 45.8 Å². The number of nitrogens with zero attached hydrogens (tertiary/aromatic N) is 2. The lowest BCUT2D eigenvalue weighted by molar-refractivity contribution is 0.278. The van der Waals surface area contributed by atoms with Crippen molar-refractivity contribution >= 4 is 22.0 Å². The molecule has 120 valence electrons. The molecule has 0 saturated heterocycles. The summed E-state index contributed by atoms with van der Waals surface area (Å²) >= 11 is 3.37. The summed E-state index contributed by atoms with van der Waals surface area (Å²) in [5, 5.41) is 17.7. The molecule has 0 unspecified atom stereocenters. The summed E-state index contributed by atoms with van der Waals surface area (Å²) in [6.45, 7) is 0.0401. The van der Waals surface area contributed by atoms with Crippen molar-refractivity contribution in [3.8, 4) is 23.6 Å². The van der Waals surface area contributed by atoms with Gasteiger partial charge >= 0.3 is 0 Å². The Hall–Kier alpha value is -2.83. The average Bonchev–Trinajstić information content (AvgIpc) is 2.59. The highest BCUT2D eigenvalue weighted by Gasteiger charge is 2.13. The molecular formula is C18H12BrFN2O2. The van der Waals surface area contributed by atoms with Crippen molar-refractivity contribution in [3.63, 3.8) is 0 Å². The molecule has 0 bridgehead atoms. The van der Waals surface area contributed by atoms with E-state index < -0.39 is 0 Å². The standard InChI is InChI=1S/C18H12BrFN2O2/c1-23-17-8-12(6-13(9-21)10-22)7-15(19)18(17)24-11-14-4-2-3-5-16(14)20/h2-8H,11H2,1H3. The van der Waals surface area contributed by atoms with Crippen LogP contribution in [0.3, 0.4) is 0 Å². The number of ether oxygens (including phenoxy) is 2. The number of nitriles is 2. The van der Waals surface area contributed by atoms with Crippen LogP contribution in [0.1, 0.15) is 11.1 Å². The second kappa shape index (κ2) is 8.14. The first-order valence-corrected chi connectivity index (χ1v) is 7.64. The molecule has 0 heterocycles. The van der Waals surface area contributed by atoms with Gasteiger partial charge in [0.1, 0.15) is 30.1 Å². The summed E-state index contributed by atoms with van der Waals surface area (Å²) in [4.78, 5) is 0. The Morgan fingerprint density at radius 2 is 1.96 bits per heavy atom. The van der Waals surface area contributed by atoms with Crippen molar-refractivity contribution in [2.24, 2.45) is 0 Å². The van der Waals surface area contributed by atoms with Gasteiger partial charge in [-0.3, -0.25) is 0 Å². The highest BCUT2D eigenvalue weighted by atomic mass is 79.9. The molecule has 0 atom stereocenters. The van der Waals surface area contributed by atoms with Crippen molar-refractivity contribution < 1.29 is 13.9 Å². The number of allylic oxidation sites excluding steroid dienone is 1. The Labute approximate surface area is 147 Å². The quantitative estimate of drug-likeness (QED) is 0.703. The minimum Gasteiger partial charge on any atom is -0.493 e. The van der Waals surface area contributed by atoms with Crippen LogP contribution < -0.4 is 9.47 Å². The van der Waals surface area contributed by atoms with Crippen LogP contribution in [0.4, 0.5) is 4.39 Å². The van der Waals surface area contributed by atoms with Gasteiger partial charge < -0.3 is 9.47 Å². The van der Waals surface area contributed by atoms with E-state index in [-0.39, 0.29) is 18.0 Å². The normalized spacial score (nSPS) is 9.54. The monoisotopic (exact) mass is 386 g/mol. The van der Waals surface area contributed by atoms with Crippen LogP contribution in [-0.2, 0) is 6.61 Å². The van der Waals surface area contributed by atoms with Crippen molar-refractivity contribution in [1.82, 2.24) is 0 Å². The fourth-order valence-corrected chi connectivity index (χ4v) is 2.56. The number of methoxy groups -OCH3 is 1. The van der Waals surface area contributed by atoms with Gasteiger partial charge in [0.05, 0.1) is 11.6 Å².